The number of rotatable bonds is 7. The van der Waals surface area contributed by atoms with Crippen molar-refractivity contribution in [2.24, 2.45) is 0 Å². The Morgan fingerprint density at radius 1 is 1.11 bits per heavy atom. The SMILES string of the molecule is CCN(CC)S(=O)(=O)c1ccc(NC(=O)CN2CCSc3ccccc32)cc1. The number of hydrogen-bond donors (Lipinski definition) is 1. The lowest BCUT2D eigenvalue weighted by Crippen LogP contribution is -2.36. The average molecular weight is 420 g/mol. The molecule has 28 heavy (non-hydrogen) atoms. The largest absolute Gasteiger partial charge is 0.360 e. The van der Waals surface area contributed by atoms with Crippen molar-refractivity contribution in [1.82, 2.24) is 4.31 Å². The molecule has 0 aromatic heterocycles. The summed E-state index contributed by atoms with van der Waals surface area (Å²) in [6, 6.07) is 14.4. The van der Waals surface area contributed by atoms with Gasteiger partial charge < -0.3 is 10.2 Å². The Kier molecular flexibility index (Phi) is 6.64. The average Bonchev–Trinajstić information content (AvgIpc) is 2.69. The van der Waals surface area contributed by atoms with E-state index >= 15 is 0 Å². The number of hydrogen-bond acceptors (Lipinski definition) is 5. The molecule has 1 heterocycles. The number of nitrogens with zero attached hydrogens (tertiary/aromatic N) is 2. The van der Waals surface area contributed by atoms with E-state index in [1.807, 2.05) is 32.0 Å². The van der Waals surface area contributed by atoms with Gasteiger partial charge in [0.1, 0.15) is 0 Å². The highest BCUT2D eigenvalue weighted by Crippen LogP contribution is 2.34. The quantitative estimate of drug-likeness (QED) is 0.746. The molecule has 0 radical (unpaired) electrons. The normalized spacial score (nSPS) is 14.0. The number of carbonyl (C=O) groups excluding carboxylic acids is 1. The number of nitrogens with one attached hydrogen (secondary N) is 1. The predicted molar refractivity (Wildman–Crippen MR) is 115 cm³/mol. The summed E-state index contributed by atoms with van der Waals surface area (Å²) in [4.78, 5) is 16.0. The van der Waals surface area contributed by atoms with Gasteiger partial charge in [-0.1, -0.05) is 26.0 Å². The Morgan fingerprint density at radius 3 is 2.46 bits per heavy atom. The van der Waals surface area contributed by atoms with E-state index in [-0.39, 0.29) is 17.3 Å². The predicted octanol–water partition coefficient (Wildman–Crippen LogP) is 3.27. The molecular formula is C20H25N3O3S2. The van der Waals surface area contributed by atoms with Crippen LogP contribution in [0.1, 0.15) is 13.8 Å². The first kappa shape index (κ1) is 20.7. The summed E-state index contributed by atoms with van der Waals surface area (Å²) >= 11 is 1.80. The van der Waals surface area contributed by atoms with Crippen LogP contribution in [0.25, 0.3) is 0 Å². The molecule has 6 nitrogen and oxygen atoms in total. The van der Waals surface area contributed by atoms with Gasteiger partial charge in [-0.3, -0.25) is 4.79 Å². The molecule has 0 saturated carbocycles. The highest BCUT2D eigenvalue weighted by molar-refractivity contribution is 7.99. The lowest BCUT2D eigenvalue weighted by Gasteiger charge is -2.30. The molecule has 0 unspecified atom stereocenters. The van der Waals surface area contributed by atoms with Gasteiger partial charge in [-0.2, -0.15) is 4.31 Å². The van der Waals surface area contributed by atoms with Gasteiger partial charge in [-0.25, -0.2) is 8.42 Å². The zero-order chi connectivity index (χ0) is 20.1. The molecule has 0 atom stereocenters. The van der Waals surface area contributed by atoms with Crippen LogP contribution in [-0.4, -0.2) is 50.6 Å². The van der Waals surface area contributed by atoms with Crippen LogP contribution >= 0.6 is 11.8 Å². The summed E-state index contributed by atoms with van der Waals surface area (Å²) in [7, 11) is -3.49. The van der Waals surface area contributed by atoms with Crippen LogP contribution in [0, 0.1) is 0 Å². The maximum absolute atomic E-state index is 12.5. The molecule has 1 aliphatic heterocycles. The Labute approximate surface area is 171 Å². The van der Waals surface area contributed by atoms with Crippen LogP contribution in [0.5, 0.6) is 0 Å². The Balaban J connectivity index is 1.66. The molecule has 8 heteroatoms. The number of thioether (sulfide) groups is 1. The van der Waals surface area contributed by atoms with E-state index < -0.39 is 10.0 Å². The number of benzene rings is 2. The van der Waals surface area contributed by atoms with Crippen LogP contribution in [0.2, 0.25) is 0 Å². The molecule has 0 saturated heterocycles. The maximum Gasteiger partial charge on any atom is 0.243 e. The van der Waals surface area contributed by atoms with Crippen molar-refractivity contribution in [3.63, 3.8) is 0 Å². The molecule has 1 aliphatic rings. The zero-order valence-corrected chi connectivity index (χ0v) is 17.7. The van der Waals surface area contributed by atoms with Crippen molar-refractivity contribution in [1.29, 1.82) is 0 Å². The van der Waals surface area contributed by atoms with E-state index in [4.69, 9.17) is 0 Å². The van der Waals surface area contributed by atoms with Crippen molar-refractivity contribution < 1.29 is 13.2 Å². The molecule has 2 aromatic carbocycles. The van der Waals surface area contributed by atoms with E-state index in [0.29, 0.717) is 18.8 Å². The van der Waals surface area contributed by atoms with Crippen LogP contribution in [0.15, 0.2) is 58.3 Å². The first-order valence-corrected chi connectivity index (χ1v) is 11.7. The van der Waals surface area contributed by atoms with E-state index in [9.17, 15) is 13.2 Å². The fraction of sp³-hybridized carbons (Fsp3) is 0.350. The molecule has 2 aromatic rings. The minimum atomic E-state index is -3.49. The van der Waals surface area contributed by atoms with Gasteiger partial charge in [0.15, 0.2) is 0 Å². The van der Waals surface area contributed by atoms with Gasteiger partial charge in [0.2, 0.25) is 15.9 Å². The monoisotopic (exact) mass is 419 g/mol. The standard InChI is InChI=1S/C20H25N3O3S2/c1-3-23(4-2)28(25,26)17-11-9-16(10-12-17)21-20(24)15-22-13-14-27-19-8-6-5-7-18(19)22/h5-12H,3-4,13-15H2,1-2H3,(H,21,24). The minimum absolute atomic E-state index is 0.124. The summed E-state index contributed by atoms with van der Waals surface area (Å²) in [5.74, 6) is 0.823. The second-order valence-electron chi connectivity index (χ2n) is 6.40. The van der Waals surface area contributed by atoms with Crippen LogP contribution in [-0.2, 0) is 14.8 Å². The molecule has 3 rings (SSSR count). The first-order chi connectivity index (χ1) is 13.5. The molecule has 0 bridgehead atoms. The van der Waals surface area contributed by atoms with Crippen molar-refractivity contribution in [2.75, 3.05) is 42.1 Å². The fourth-order valence-corrected chi connectivity index (χ4v) is 5.70. The fourth-order valence-electron chi connectivity index (χ4n) is 3.19. The number of carbonyl (C=O) groups is 1. The van der Waals surface area contributed by atoms with Gasteiger partial charge in [0.05, 0.1) is 17.1 Å². The summed E-state index contributed by atoms with van der Waals surface area (Å²) < 4.78 is 26.5. The third-order valence-corrected chi connectivity index (χ3v) is 7.75. The smallest absolute Gasteiger partial charge is 0.243 e. The highest BCUT2D eigenvalue weighted by Gasteiger charge is 2.22. The third kappa shape index (κ3) is 4.51. The molecule has 0 aliphatic carbocycles. The molecule has 1 amide bonds. The van der Waals surface area contributed by atoms with E-state index in [1.165, 1.54) is 21.3 Å². The van der Waals surface area contributed by atoms with Gasteiger partial charge >= 0.3 is 0 Å². The molecule has 150 valence electrons. The van der Waals surface area contributed by atoms with Crippen LogP contribution in [0.3, 0.4) is 0 Å². The lowest BCUT2D eigenvalue weighted by atomic mass is 10.2. The lowest BCUT2D eigenvalue weighted by molar-refractivity contribution is -0.115. The number of fused-ring (bicyclic) bond motifs is 1. The molecular weight excluding hydrogens is 394 g/mol. The molecule has 1 N–H and O–H groups in total. The van der Waals surface area contributed by atoms with E-state index in [2.05, 4.69) is 16.3 Å². The van der Waals surface area contributed by atoms with Crippen molar-refractivity contribution in [3.8, 4) is 0 Å². The van der Waals surface area contributed by atoms with Crippen LogP contribution < -0.4 is 10.2 Å². The Morgan fingerprint density at radius 2 is 1.79 bits per heavy atom. The Bertz CT molecular complexity index is 926. The highest BCUT2D eigenvalue weighted by atomic mass is 32.2. The van der Waals surface area contributed by atoms with E-state index in [1.54, 1.807) is 23.9 Å². The second kappa shape index (κ2) is 8.98. The number of amides is 1. The summed E-state index contributed by atoms with van der Waals surface area (Å²) in [5.41, 5.74) is 1.66. The number of sulfonamides is 1. The van der Waals surface area contributed by atoms with Gasteiger partial charge in [0.25, 0.3) is 0 Å². The zero-order valence-electron chi connectivity index (χ0n) is 16.1. The van der Waals surface area contributed by atoms with Gasteiger partial charge in [-0.15, -0.1) is 11.8 Å². The first-order valence-electron chi connectivity index (χ1n) is 9.32. The van der Waals surface area contributed by atoms with Gasteiger partial charge in [0, 0.05) is 36.0 Å². The summed E-state index contributed by atoms with van der Waals surface area (Å²) in [6.45, 7) is 5.55. The maximum atomic E-state index is 12.5. The third-order valence-electron chi connectivity index (χ3n) is 4.64. The Hall–Kier alpha value is -2.03. The second-order valence-corrected chi connectivity index (χ2v) is 9.47. The van der Waals surface area contributed by atoms with Crippen molar-refractivity contribution in [3.05, 3.63) is 48.5 Å². The van der Waals surface area contributed by atoms with Crippen LogP contribution in [0.4, 0.5) is 11.4 Å². The van der Waals surface area contributed by atoms with Crippen molar-refractivity contribution >= 4 is 39.1 Å². The summed E-state index contributed by atoms with van der Waals surface area (Å²) in [6.07, 6.45) is 0. The molecule has 0 spiro atoms. The topological polar surface area (TPSA) is 69.7 Å². The number of para-hydroxylation sites is 1. The number of anilines is 2. The summed E-state index contributed by atoms with van der Waals surface area (Å²) in [5, 5.41) is 2.86. The van der Waals surface area contributed by atoms with Crippen molar-refractivity contribution in [2.45, 2.75) is 23.6 Å². The van der Waals surface area contributed by atoms with E-state index in [0.717, 1.165) is 18.0 Å². The molecule has 0 fully saturated rings. The minimum Gasteiger partial charge on any atom is -0.360 e. The van der Waals surface area contributed by atoms with Gasteiger partial charge in [-0.05, 0) is 36.4 Å².